The lowest BCUT2D eigenvalue weighted by molar-refractivity contribution is -0.157. The van der Waals surface area contributed by atoms with Crippen molar-refractivity contribution in [2.24, 2.45) is 0 Å². The Morgan fingerprint density at radius 2 is 2.08 bits per heavy atom. The van der Waals surface area contributed by atoms with Gasteiger partial charge >= 0.3 is 11.9 Å². The maximum absolute atomic E-state index is 10.6. The fraction of sp³-hybridized carbons (Fsp3) is 0.750. The fourth-order valence-corrected chi connectivity index (χ4v) is 0.900. The first-order valence-electron chi connectivity index (χ1n) is 4.02. The van der Waals surface area contributed by atoms with E-state index in [1.54, 1.807) is 0 Å². The molecule has 1 aliphatic rings. The van der Waals surface area contributed by atoms with Gasteiger partial charge in [0.2, 0.25) is 0 Å². The van der Waals surface area contributed by atoms with Gasteiger partial charge in [0.05, 0.1) is 6.61 Å². The monoisotopic (exact) mass is 188 g/mol. The van der Waals surface area contributed by atoms with Crippen molar-refractivity contribution in [2.75, 3.05) is 13.2 Å². The van der Waals surface area contributed by atoms with Gasteiger partial charge in [0.15, 0.2) is 6.10 Å². The lowest BCUT2D eigenvalue weighted by Gasteiger charge is -2.13. The number of rotatable bonds is 4. The number of esters is 2. The van der Waals surface area contributed by atoms with Gasteiger partial charge in [-0.15, -0.1) is 0 Å². The molecule has 0 amide bonds. The lowest BCUT2D eigenvalue weighted by atomic mass is 10.3. The van der Waals surface area contributed by atoms with Gasteiger partial charge < -0.3 is 14.2 Å². The Labute approximate surface area is 76.0 Å². The van der Waals surface area contributed by atoms with Gasteiger partial charge in [0, 0.05) is 13.8 Å². The van der Waals surface area contributed by atoms with Gasteiger partial charge in [0.1, 0.15) is 12.7 Å². The molecule has 0 unspecified atom stereocenters. The molecule has 1 fully saturated rings. The summed E-state index contributed by atoms with van der Waals surface area (Å²) in [5.74, 6) is -0.787. The Morgan fingerprint density at radius 1 is 1.46 bits per heavy atom. The van der Waals surface area contributed by atoms with Crippen molar-refractivity contribution in [3.63, 3.8) is 0 Å². The molecule has 5 heteroatoms. The number of carbonyl (C=O) groups excluding carboxylic acids is 2. The van der Waals surface area contributed by atoms with Crippen LogP contribution in [0, 0.1) is 0 Å². The van der Waals surface area contributed by atoms with Crippen LogP contribution < -0.4 is 0 Å². The van der Waals surface area contributed by atoms with E-state index in [0.29, 0.717) is 6.61 Å². The van der Waals surface area contributed by atoms with E-state index < -0.39 is 18.0 Å². The van der Waals surface area contributed by atoms with Gasteiger partial charge in [-0.25, -0.2) is 0 Å². The Bertz CT molecular complexity index is 209. The summed E-state index contributed by atoms with van der Waals surface area (Å²) in [6, 6.07) is 0. The predicted octanol–water partition coefficient (Wildman–Crippen LogP) is -0.120. The maximum atomic E-state index is 10.6. The van der Waals surface area contributed by atoms with Crippen molar-refractivity contribution in [1.82, 2.24) is 0 Å². The molecule has 1 saturated heterocycles. The Balaban J connectivity index is 2.29. The van der Waals surface area contributed by atoms with Crippen LogP contribution in [0.3, 0.4) is 0 Å². The molecule has 13 heavy (non-hydrogen) atoms. The molecule has 0 N–H and O–H groups in total. The highest BCUT2D eigenvalue weighted by Gasteiger charge is 2.35. The third-order valence-corrected chi connectivity index (χ3v) is 1.54. The van der Waals surface area contributed by atoms with Crippen molar-refractivity contribution in [3.05, 3.63) is 0 Å². The van der Waals surface area contributed by atoms with E-state index in [9.17, 15) is 9.59 Å². The molecule has 2 atom stereocenters. The topological polar surface area (TPSA) is 65.1 Å². The molecule has 0 saturated carbocycles. The summed E-state index contributed by atoms with van der Waals surface area (Å²) >= 11 is 0. The van der Waals surface area contributed by atoms with Crippen LogP contribution in [0.1, 0.15) is 13.8 Å². The van der Waals surface area contributed by atoms with Crippen molar-refractivity contribution >= 4 is 11.9 Å². The van der Waals surface area contributed by atoms with Crippen LogP contribution in [0.25, 0.3) is 0 Å². The highest BCUT2D eigenvalue weighted by molar-refractivity contribution is 5.67. The van der Waals surface area contributed by atoms with Crippen LogP contribution in [-0.4, -0.2) is 37.4 Å². The highest BCUT2D eigenvalue weighted by atomic mass is 16.6. The van der Waals surface area contributed by atoms with Crippen LogP contribution in [0.15, 0.2) is 0 Å². The van der Waals surface area contributed by atoms with Gasteiger partial charge in [-0.3, -0.25) is 9.59 Å². The second-order valence-corrected chi connectivity index (χ2v) is 2.82. The predicted molar refractivity (Wildman–Crippen MR) is 41.9 cm³/mol. The molecule has 1 rings (SSSR count). The van der Waals surface area contributed by atoms with Crippen molar-refractivity contribution in [1.29, 1.82) is 0 Å². The van der Waals surface area contributed by atoms with E-state index in [0.717, 1.165) is 0 Å². The average molecular weight is 188 g/mol. The molecular formula is C8H12O5. The molecule has 0 aliphatic carbocycles. The molecule has 0 aromatic heterocycles. The van der Waals surface area contributed by atoms with Crippen LogP contribution in [0.5, 0.6) is 0 Å². The molecule has 0 aromatic rings. The van der Waals surface area contributed by atoms with Crippen LogP contribution in [0.2, 0.25) is 0 Å². The molecule has 74 valence electrons. The van der Waals surface area contributed by atoms with Crippen LogP contribution in [0.4, 0.5) is 0 Å². The fourth-order valence-electron chi connectivity index (χ4n) is 0.900. The van der Waals surface area contributed by atoms with Gasteiger partial charge in [-0.2, -0.15) is 0 Å². The summed E-state index contributed by atoms with van der Waals surface area (Å²) in [7, 11) is 0. The first kappa shape index (κ1) is 9.98. The molecule has 1 heterocycles. The minimum Gasteiger partial charge on any atom is -0.462 e. The Hall–Kier alpha value is -1.10. The van der Waals surface area contributed by atoms with Crippen molar-refractivity contribution in [3.8, 4) is 0 Å². The Morgan fingerprint density at radius 3 is 2.46 bits per heavy atom. The van der Waals surface area contributed by atoms with E-state index in [4.69, 9.17) is 14.2 Å². The van der Waals surface area contributed by atoms with E-state index >= 15 is 0 Å². The van der Waals surface area contributed by atoms with E-state index in [1.807, 2.05) is 0 Å². The van der Waals surface area contributed by atoms with E-state index in [1.165, 1.54) is 13.8 Å². The minimum absolute atomic E-state index is 0.0690. The zero-order valence-corrected chi connectivity index (χ0v) is 7.61. The number of carbonyl (C=O) groups is 2. The second-order valence-electron chi connectivity index (χ2n) is 2.82. The third-order valence-electron chi connectivity index (χ3n) is 1.54. The molecule has 0 bridgehead atoms. The number of hydrogen-bond donors (Lipinski definition) is 0. The van der Waals surface area contributed by atoms with Crippen LogP contribution in [-0.2, 0) is 23.8 Å². The molecular weight excluding hydrogens is 176 g/mol. The molecule has 5 nitrogen and oxygen atoms in total. The largest absolute Gasteiger partial charge is 0.462 e. The summed E-state index contributed by atoms with van der Waals surface area (Å²) in [5.41, 5.74) is 0. The summed E-state index contributed by atoms with van der Waals surface area (Å²) in [4.78, 5) is 21.1. The second kappa shape index (κ2) is 4.23. The minimum atomic E-state index is -0.457. The van der Waals surface area contributed by atoms with Crippen molar-refractivity contribution in [2.45, 2.75) is 26.1 Å². The molecule has 1 aliphatic heterocycles. The zero-order chi connectivity index (χ0) is 9.84. The summed E-state index contributed by atoms with van der Waals surface area (Å²) < 4.78 is 14.5. The maximum Gasteiger partial charge on any atom is 0.303 e. The number of ether oxygens (including phenoxy) is 3. The smallest absolute Gasteiger partial charge is 0.303 e. The van der Waals surface area contributed by atoms with Crippen molar-refractivity contribution < 1.29 is 23.8 Å². The quantitative estimate of drug-likeness (QED) is 0.454. The number of epoxide rings is 1. The first-order valence-corrected chi connectivity index (χ1v) is 4.02. The first-order chi connectivity index (χ1) is 6.09. The zero-order valence-electron chi connectivity index (χ0n) is 7.61. The summed E-state index contributed by atoms with van der Waals surface area (Å²) in [6.45, 7) is 3.24. The molecule has 0 radical (unpaired) electrons. The Kier molecular flexibility index (Phi) is 3.25. The number of hydrogen-bond acceptors (Lipinski definition) is 5. The molecule has 0 aromatic carbocycles. The highest BCUT2D eigenvalue weighted by Crippen LogP contribution is 2.17. The van der Waals surface area contributed by atoms with Crippen LogP contribution >= 0.6 is 0 Å². The molecule has 0 spiro atoms. The third kappa shape index (κ3) is 3.89. The van der Waals surface area contributed by atoms with Gasteiger partial charge in [-0.1, -0.05) is 0 Å². The van der Waals surface area contributed by atoms with Gasteiger partial charge in [0.25, 0.3) is 0 Å². The SMILES string of the molecule is CC(=O)OC[C@H](OC(C)=O)[C@H]1CO1. The average Bonchev–Trinajstić information content (AvgIpc) is 2.78. The summed E-state index contributed by atoms with van der Waals surface area (Å²) in [6.07, 6.45) is -0.565. The van der Waals surface area contributed by atoms with Gasteiger partial charge in [-0.05, 0) is 0 Å². The van der Waals surface area contributed by atoms with E-state index in [-0.39, 0.29) is 12.7 Å². The normalized spacial score (nSPS) is 21.8. The summed E-state index contributed by atoms with van der Waals surface area (Å²) in [5, 5.41) is 0. The van der Waals surface area contributed by atoms with E-state index in [2.05, 4.69) is 0 Å². The standard InChI is InChI=1S/C8H12O5/c1-5(9)11-4-8(7-3-12-7)13-6(2)10/h7-8H,3-4H2,1-2H3/t7-,8+/m1/s1. The lowest BCUT2D eigenvalue weighted by Crippen LogP contribution is -2.28.